The van der Waals surface area contributed by atoms with E-state index in [0.717, 1.165) is 10.0 Å². The highest BCUT2D eigenvalue weighted by Gasteiger charge is 2.33. The van der Waals surface area contributed by atoms with Gasteiger partial charge in [-0.2, -0.15) is 0 Å². The van der Waals surface area contributed by atoms with Crippen molar-refractivity contribution in [1.82, 2.24) is 4.47 Å². The topological polar surface area (TPSA) is 76.1 Å². The van der Waals surface area contributed by atoms with E-state index in [-0.39, 0.29) is 18.0 Å². The first kappa shape index (κ1) is 13.3. The molecule has 0 amide bonds. The molecule has 1 aliphatic rings. The molecule has 100 valence electrons. The van der Waals surface area contributed by atoms with Gasteiger partial charge in [0.25, 0.3) is 10.0 Å². The molecule has 1 aromatic rings. The molecule has 0 radical (unpaired) electrons. The van der Waals surface area contributed by atoms with Crippen LogP contribution >= 0.6 is 0 Å². The number of aryl methyl sites for hydroxylation is 1. The molecule has 18 heavy (non-hydrogen) atoms. The number of ether oxygens (including phenoxy) is 1. The molecule has 1 saturated heterocycles. The molecule has 6 nitrogen and oxygen atoms in total. The molecule has 1 aliphatic heterocycles. The first-order valence-corrected chi connectivity index (χ1v) is 6.87. The minimum atomic E-state index is -3.72. The number of β-amino-alcohol motifs (C(OH)–C–C–N with tert-alkyl or cyclic N) is 1. The van der Waals surface area contributed by atoms with Gasteiger partial charge < -0.3 is 9.84 Å². The molecule has 0 aliphatic carbocycles. The summed E-state index contributed by atoms with van der Waals surface area (Å²) in [7, 11) is -2.20. The Hall–Kier alpha value is -1.15. The molecular formula is C11H15NO5S. The quantitative estimate of drug-likeness (QED) is 0.857. The van der Waals surface area contributed by atoms with Crippen molar-refractivity contribution < 1.29 is 23.1 Å². The third kappa shape index (κ3) is 2.35. The number of nitrogens with zero attached hydrogens (tertiary/aromatic N) is 1. The predicted molar refractivity (Wildman–Crippen MR) is 63.6 cm³/mol. The molecular weight excluding hydrogens is 258 g/mol. The number of sulfonamides is 1. The smallest absolute Gasteiger partial charge is 0.265 e. The molecule has 1 N–H and O–H groups in total. The molecule has 2 rings (SSSR count). The van der Waals surface area contributed by atoms with E-state index in [9.17, 15) is 13.5 Å². The van der Waals surface area contributed by atoms with Gasteiger partial charge in [-0.05, 0) is 30.7 Å². The van der Waals surface area contributed by atoms with Crippen molar-refractivity contribution in [3.8, 4) is 5.75 Å². The van der Waals surface area contributed by atoms with Gasteiger partial charge in [-0.15, -0.1) is 0 Å². The summed E-state index contributed by atoms with van der Waals surface area (Å²) in [5.41, 5.74) is 0.721. The number of hydroxylamine groups is 1. The van der Waals surface area contributed by atoms with Crippen LogP contribution in [0.5, 0.6) is 5.75 Å². The van der Waals surface area contributed by atoms with Crippen LogP contribution in [0.15, 0.2) is 23.1 Å². The van der Waals surface area contributed by atoms with E-state index < -0.39 is 16.1 Å². The minimum absolute atomic E-state index is 0.00559. The Balaban J connectivity index is 2.33. The maximum atomic E-state index is 12.2. The fraction of sp³-hybridized carbons (Fsp3) is 0.455. The van der Waals surface area contributed by atoms with Crippen molar-refractivity contribution in [3.05, 3.63) is 23.8 Å². The number of hydrogen-bond acceptors (Lipinski definition) is 5. The van der Waals surface area contributed by atoms with Gasteiger partial charge in [0, 0.05) is 0 Å². The summed E-state index contributed by atoms with van der Waals surface area (Å²) in [4.78, 5) is 5.07. The van der Waals surface area contributed by atoms with Crippen molar-refractivity contribution in [3.63, 3.8) is 0 Å². The summed E-state index contributed by atoms with van der Waals surface area (Å²) in [6, 6.07) is 4.56. The molecule has 0 unspecified atom stereocenters. The van der Waals surface area contributed by atoms with Crippen LogP contribution in [0, 0.1) is 6.92 Å². The molecule has 1 fully saturated rings. The average molecular weight is 273 g/mol. The Kier molecular flexibility index (Phi) is 3.58. The summed E-state index contributed by atoms with van der Waals surface area (Å²) in [5.74, 6) is 0.622. The fourth-order valence-corrected chi connectivity index (χ4v) is 3.11. The predicted octanol–water partition coefficient (Wildman–Crippen LogP) is 0.300. The Bertz CT molecular complexity index is 542. The summed E-state index contributed by atoms with van der Waals surface area (Å²) < 4.78 is 30.3. The van der Waals surface area contributed by atoms with Gasteiger partial charge in [0.2, 0.25) is 0 Å². The van der Waals surface area contributed by atoms with Crippen molar-refractivity contribution in [2.24, 2.45) is 0 Å². The zero-order valence-electron chi connectivity index (χ0n) is 10.2. The first-order valence-electron chi connectivity index (χ1n) is 5.43. The zero-order valence-corrected chi connectivity index (χ0v) is 11.0. The van der Waals surface area contributed by atoms with Gasteiger partial charge in [-0.3, -0.25) is 4.84 Å². The summed E-state index contributed by atoms with van der Waals surface area (Å²) in [6.45, 7) is 1.71. The molecule has 0 spiro atoms. The molecule has 1 atom stereocenters. The van der Waals surface area contributed by atoms with Crippen LogP contribution in [0.1, 0.15) is 5.56 Å². The number of aliphatic hydroxyl groups is 1. The van der Waals surface area contributed by atoms with Crippen LogP contribution in [0.2, 0.25) is 0 Å². The molecule has 0 aromatic heterocycles. The fourth-order valence-electron chi connectivity index (χ4n) is 1.74. The Labute approximate surface area is 106 Å². The third-order valence-corrected chi connectivity index (χ3v) is 4.34. The van der Waals surface area contributed by atoms with Crippen LogP contribution in [0.3, 0.4) is 0 Å². The lowest BCUT2D eigenvalue weighted by Gasteiger charge is -2.15. The second-order valence-electron chi connectivity index (χ2n) is 4.07. The number of rotatable bonds is 3. The maximum absolute atomic E-state index is 12.2. The van der Waals surface area contributed by atoms with Crippen molar-refractivity contribution in [1.29, 1.82) is 0 Å². The Morgan fingerprint density at radius 3 is 2.72 bits per heavy atom. The van der Waals surface area contributed by atoms with Crippen LogP contribution in [-0.2, 0) is 14.9 Å². The number of benzene rings is 1. The Morgan fingerprint density at radius 2 is 2.22 bits per heavy atom. The van der Waals surface area contributed by atoms with Gasteiger partial charge in [-0.25, -0.2) is 8.42 Å². The minimum Gasteiger partial charge on any atom is -0.496 e. The second-order valence-corrected chi connectivity index (χ2v) is 5.90. The monoisotopic (exact) mass is 273 g/mol. The SMILES string of the molecule is COc1ccc(S(=O)(=O)N2C[C@H](O)CO2)cc1C. The van der Waals surface area contributed by atoms with Crippen LogP contribution in [-0.4, -0.2) is 44.4 Å². The zero-order chi connectivity index (χ0) is 13.3. The lowest BCUT2D eigenvalue weighted by atomic mass is 10.2. The molecule has 0 bridgehead atoms. The standard InChI is InChI=1S/C11H15NO5S/c1-8-5-10(3-4-11(8)16-2)18(14,15)12-6-9(13)7-17-12/h3-5,9,13H,6-7H2,1-2H3/t9-/m0/s1. The summed E-state index contributed by atoms with van der Waals surface area (Å²) in [5, 5.41) is 9.30. The highest BCUT2D eigenvalue weighted by atomic mass is 32.2. The summed E-state index contributed by atoms with van der Waals surface area (Å²) in [6.07, 6.45) is -0.779. The van der Waals surface area contributed by atoms with E-state index in [4.69, 9.17) is 9.57 Å². The van der Waals surface area contributed by atoms with Crippen LogP contribution in [0.25, 0.3) is 0 Å². The van der Waals surface area contributed by atoms with E-state index in [2.05, 4.69) is 0 Å². The number of aliphatic hydroxyl groups excluding tert-OH is 1. The van der Waals surface area contributed by atoms with Crippen molar-refractivity contribution >= 4 is 10.0 Å². The normalized spacial score (nSPS) is 21.2. The van der Waals surface area contributed by atoms with Crippen molar-refractivity contribution in [2.45, 2.75) is 17.9 Å². The van der Waals surface area contributed by atoms with Gasteiger partial charge >= 0.3 is 0 Å². The van der Waals surface area contributed by atoms with Gasteiger partial charge in [-0.1, -0.05) is 4.47 Å². The van der Waals surface area contributed by atoms with Gasteiger partial charge in [0.05, 0.1) is 31.3 Å². The Morgan fingerprint density at radius 1 is 1.50 bits per heavy atom. The van der Waals surface area contributed by atoms with Gasteiger partial charge in [0.15, 0.2) is 0 Å². The van der Waals surface area contributed by atoms with E-state index in [1.54, 1.807) is 13.0 Å². The van der Waals surface area contributed by atoms with Crippen LogP contribution < -0.4 is 4.74 Å². The van der Waals surface area contributed by atoms with E-state index >= 15 is 0 Å². The van der Waals surface area contributed by atoms with E-state index in [1.807, 2.05) is 0 Å². The maximum Gasteiger partial charge on any atom is 0.265 e. The molecule has 1 aromatic carbocycles. The molecule has 7 heteroatoms. The third-order valence-electron chi connectivity index (χ3n) is 2.70. The van der Waals surface area contributed by atoms with Crippen molar-refractivity contribution in [2.75, 3.05) is 20.3 Å². The largest absolute Gasteiger partial charge is 0.496 e. The highest BCUT2D eigenvalue weighted by Crippen LogP contribution is 2.25. The lowest BCUT2D eigenvalue weighted by Crippen LogP contribution is -2.28. The number of methoxy groups -OCH3 is 1. The first-order chi connectivity index (χ1) is 8.45. The van der Waals surface area contributed by atoms with E-state index in [1.165, 1.54) is 19.2 Å². The number of hydrogen-bond donors (Lipinski definition) is 1. The average Bonchev–Trinajstić information content (AvgIpc) is 2.76. The highest BCUT2D eigenvalue weighted by molar-refractivity contribution is 7.89. The summed E-state index contributed by atoms with van der Waals surface area (Å²) >= 11 is 0. The molecule has 1 heterocycles. The molecule has 0 saturated carbocycles. The second kappa shape index (κ2) is 4.85. The van der Waals surface area contributed by atoms with Crippen LogP contribution in [0.4, 0.5) is 0 Å². The van der Waals surface area contributed by atoms with Gasteiger partial charge in [0.1, 0.15) is 5.75 Å². The lowest BCUT2D eigenvalue weighted by molar-refractivity contribution is -0.0316. The van der Waals surface area contributed by atoms with E-state index in [0.29, 0.717) is 5.75 Å².